The number of amides is 1. The number of nitrogens with zero attached hydrogens (tertiary/aromatic N) is 4. The maximum Gasteiger partial charge on any atom is 0.523 e. The highest BCUT2D eigenvalue weighted by molar-refractivity contribution is 6.31. The second-order valence-corrected chi connectivity index (χ2v) is 8.85. The predicted molar refractivity (Wildman–Crippen MR) is 131 cm³/mol. The van der Waals surface area contributed by atoms with Gasteiger partial charge in [0, 0.05) is 29.3 Å². The van der Waals surface area contributed by atoms with E-state index in [1.807, 2.05) is 19.1 Å². The zero-order valence-electron chi connectivity index (χ0n) is 20.4. The summed E-state index contributed by atoms with van der Waals surface area (Å²) in [7, 11) is 1.78. The van der Waals surface area contributed by atoms with Gasteiger partial charge in [0.1, 0.15) is 36.6 Å². The Balaban J connectivity index is 1.63. The molecule has 4 aromatic rings. The molecule has 2 heterocycles. The fourth-order valence-corrected chi connectivity index (χ4v) is 4.28. The lowest BCUT2D eigenvalue weighted by Gasteiger charge is -2.20. The molecule has 0 unspecified atom stereocenters. The topological polar surface area (TPSA) is 91.2 Å². The number of rotatable bonds is 8. The van der Waals surface area contributed by atoms with E-state index in [4.69, 9.17) is 16.3 Å². The van der Waals surface area contributed by atoms with E-state index in [0.717, 1.165) is 23.1 Å². The number of para-hydroxylation sites is 1. The molecule has 2 aromatic carbocycles. The Morgan fingerprint density at radius 3 is 2.68 bits per heavy atom. The molecular weight excluding hydrogens is 530 g/mol. The summed E-state index contributed by atoms with van der Waals surface area (Å²) < 4.78 is 62.3. The Hall–Kier alpha value is -3.77. The van der Waals surface area contributed by atoms with Gasteiger partial charge in [-0.1, -0.05) is 23.7 Å². The zero-order valence-corrected chi connectivity index (χ0v) is 21.2. The van der Waals surface area contributed by atoms with Gasteiger partial charge in [-0.3, -0.25) is 9.53 Å². The lowest BCUT2D eigenvalue weighted by Crippen LogP contribution is -2.33. The van der Waals surface area contributed by atoms with Crippen LogP contribution in [0.15, 0.2) is 42.7 Å². The van der Waals surface area contributed by atoms with Crippen LogP contribution in [0, 0.1) is 12.7 Å². The largest absolute Gasteiger partial charge is 0.523 e. The van der Waals surface area contributed by atoms with Crippen molar-refractivity contribution in [3.8, 4) is 17.1 Å². The first-order valence-corrected chi connectivity index (χ1v) is 11.7. The van der Waals surface area contributed by atoms with Gasteiger partial charge in [0.2, 0.25) is 5.91 Å². The summed E-state index contributed by atoms with van der Waals surface area (Å²) >= 11 is 6.32. The second-order valence-electron chi connectivity index (χ2n) is 8.44. The number of pyridine rings is 1. The summed E-state index contributed by atoms with van der Waals surface area (Å²) in [5.74, 6) is -0.666. The molecule has 38 heavy (non-hydrogen) atoms. The van der Waals surface area contributed by atoms with Gasteiger partial charge in [0.25, 0.3) is 0 Å². The molecule has 0 bridgehead atoms. The molecule has 0 aliphatic carbocycles. The zero-order chi connectivity index (χ0) is 27.6. The van der Waals surface area contributed by atoms with Gasteiger partial charge in [-0.15, -0.1) is 13.2 Å². The minimum atomic E-state index is -4.96. The lowest BCUT2D eigenvalue weighted by atomic mass is 10.0. The fourth-order valence-electron chi connectivity index (χ4n) is 4.01. The van der Waals surface area contributed by atoms with E-state index in [2.05, 4.69) is 25.1 Å². The molecule has 0 radical (unpaired) electrons. The standard InChI is InChI=1S/C25H22ClF4N5O3/c1-13-7-18(24-31-12-32-35(24)3)16-5-4-6-21(23(16)33-13)37-10-19-17(8-15(27)9-20(19)26)14(2)34-22(36)11-38-25(28,29)30/h4-9,12,14H,10-11H2,1-3H3,(H,34,36)/t14-/m0/s1. The maximum absolute atomic E-state index is 14.2. The van der Waals surface area contributed by atoms with E-state index < -0.39 is 30.7 Å². The van der Waals surface area contributed by atoms with Crippen LogP contribution in [-0.4, -0.2) is 38.6 Å². The number of fused-ring (bicyclic) bond motifs is 1. The van der Waals surface area contributed by atoms with Crippen molar-refractivity contribution in [2.45, 2.75) is 32.9 Å². The number of aryl methyl sites for hydroxylation is 2. The number of benzene rings is 2. The summed E-state index contributed by atoms with van der Waals surface area (Å²) in [6, 6.07) is 8.58. The van der Waals surface area contributed by atoms with Crippen LogP contribution in [0.25, 0.3) is 22.3 Å². The molecule has 0 saturated heterocycles. The SMILES string of the molecule is Cc1cc(-c2ncnn2C)c2cccc(OCc3c(Cl)cc(F)cc3[C@H](C)NC(=O)COC(F)(F)F)c2n1. The number of hydrogen-bond acceptors (Lipinski definition) is 6. The normalized spacial score (nSPS) is 12.5. The number of alkyl halides is 3. The quantitative estimate of drug-likeness (QED) is 0.294. The highest BCUT2D eigenvalue weighted by Crippen LogP contribution is 2.34. The van der Waals surface area contributed by atoms with Gasteiger partial charge >= 0.3 is 6.36 Å². The van der Waals surface area contributed by atoms with Crippen LogP contribution in [0.2, 0.25) is 5.02 Å². The van der Waals surface area contributed by atoms with Crippen molar-refractivity contribution in [1.82, 2.24) is 25.1 Å². The van der Waals surface area contributed by atoms with E-state index in [-0.39, 0.29) is 17.2 Å². The first-order valence-electron chi connectivity index (χ1n) is 11.3. The molecule has 1 atom stereocenters. The Morgan fingerprint density at radius 1 is 1.24 bits per heavy atom. The van der Waals surface area contributed by atoms with Crippen LogP contribution < -0.4 is 10.1 Å². The molecule has 4 rings (SSSR count). The minimum absolute atomic E-state index is 0.0248. The van der Waals surface area contributed by atoms with Crippen molar-refractivity contribution in [3.05, 3.63) is 70.4 Å². The van der Waals surface area contributed by atoms with Crippen LogP contribution in [0.3, 0.4) is 0 Å². The summed E-state index contributed by atoms with van der Waals surface area (Å²) in [5, 5.41) is 7.27. The van der Waals surface area contributed by atoms with Gasteiger partial charge in [-0.2, -0.15) is 5.10 Å². The Morgan fingerprint density at radius 2 is 2.00 bits per heavy atom. The number of carbonyl (C=O) groups is 1. The van der Waals surface area contributed by atoms with Crippen molar-refractivity contribution in [2.75, 3.05) is 6.61 Å². The monoisotopic (exact) mass is 551 g/mol. The Labute approximate surface area is 219 Å². The third kappa shape index (κ3) is 6.20. The Bertz CT molecular complexity index is 1490. The fraction of sp³-hybridized carbons (Fsp3) is 0.280. The van der Waals surface area contributed by atoms with E-state index >= 15 is 0 Å². The van der Waals surface area contributed by atoms with Crippen molar-refractivity contribution in [2.24, 2.45) is 7.05 Å². The summed E-state index contributed by atoms with van der Waals surface area (Å²) in [6.07, 6.45) is -3.51. The number of hydrogen-bond donors (Lipinski definition) is 1. The van der Waals surface area contributed by atoms with Crippen LogP contribution in [0.4, 0.5) is 17.6 Å². The number of carbonyl (C=O) groups excluding carboxylic acids is 1. The molecule has 2 aromatic heterocycles. The Kier molecular flexibility index (Phi) is 7.83. The van der Waals surface area contributed by atoms with E-state index in [9.17, 15) is 22.4 Å². The van der Waals surface area contributed by atoms with Crippen molar-refractivity contribution in [1.29, 1.82) is 0 Å². The molecular formula is C25H22ClF4N5O3. The van der Waals surface area contributed by atoms with Crippen molar-refractivity contribution >= 4 is 28.4 Å². The van der Waals surface area contributed by atoms with Crippen molar-refractivity contribution < 1.29 is 31.8 Å². The van der Waals surface area contributed by atoms with Gasteiger partial charge < -0.3 is 10.1 Å². The van der Waals surface area contributed by atoms with Gasteiger partial charge in [-0.25, -0.2) is 19.0 Å². The molecule has 0 saturated carbocycles. The van der Waals surface area contributed by atoms with Crippen molar-refractivity contribution in [3.63, 3.8) is 0 Å². The molecule has 200 valence electrons. The average Bonchev–Trinajstić information content (AvgIpc) is 3.26. The minimum Gasteiger partial charge on any atom is -0.487 e. The third-order valence-electron chi connectivity index (χ3n) is 5.66. The second kappa shape index (κ2) is 10.9. The molecule has 8 nitrogen and oxygen atoms in total. The van der Waals surface area contributed by atoms with E-state index in [1.165, 1.54) is 13.3 Å². The van der Waals surface area contributed by atoms with Crippen LogP contribution >= 0.6 is 11.6 Å². The highest BCUT2D eigenvalue weighted by atomic mass is 35.5. The van der Waals surface area contributed by atoms with Gasteiger partial charge in [-0.05, 0) is 43.7 Å². The highest BCUT2D eigenvalue weighted by Gasteiger charge is 2.30. The van der Waals surface area contributed by atoms with Crippen LogP contribution in [-0.2, 0) is 23.2 Å². The number of ether oxygens (including phenoxy) is 2. The average molecular weight is 552 g/mol. The molecule has 0 fully saturated rings. The number of aromatic nitrogens is 4. The van der Waals surface area contributed by atoms with Crippen LogP contribution in [0.5, 0.6) is 5.75 Å². The molecule has 0 aliphatic rings. The molecule has 0 spiro atoms. The summed E-state index contributed by atoms with van der Waals surface area (Å²) in [5.41, 5.74) is 2.64. The molecule has 13 heteroatoms. The number of nitrogens with one attached hydrogen (secondary N) is 1. The maximum atomic E-state index is 14.2. The number of halogens is 5. The van der Waals surface area contributed by atoms with Gasteiger partial charge in [0.05, 0.1) is 11.1 Å². The molecule has 0 aliphatic heterocycles. The predicted octanol–water partition coefficient (Wildman–Crippen LogP) is 5.42. The van der Waals surface area contributed by atoms with Crippen LogP contribution in [0.1, 0.15) is 29.8 Å². The lowest BCUT2D eigenvalue weighted by molar-refractivity contribution is -0.321. The summed E-state index contributed by atoms with van der Waals surface area (Å²) in [4.78, 5) is 20.9. The van der Waals surface area contributed by atoms with E-state index in [1.54, 1.807) is 23.9 Å². The molecule has 1 amide bonds. The van der Waals surface area contributed by atoms with Gasteiger partial charge in [0.15, 0.2) is 5.82 Å². The first kappa shape index (κ1) is 27.3. The molecule has 1 N–H and O–H groups in total. The summed E-state index contributed by atoms with van der Waals surface area (Å²) in [6.45, 7) is 1.94. The third-order valence-corrected chi connectivity index (χ3v) is 6.00. The first-order chi connectivity index (χ1) is 17.9. The smallest absolute Gasteiger partial charge is 0.487 e. The van der Waals surface area contributed by atoms with E-state index in [0.29, 0.717) is 28.3 Å².